The molecule has 3 heteroatoms. The van der Waals surface area contributed by atoms with E-state index < -0.39 is 0 Å². The van der Waals surface area contributed by atoms with Crippen molar-refractivity contribution in [3.8, 4) is 0 Å². The zero-order chi connectivity index (χ0) is 9.68. The molecule has 2 nitrogen and oxygen atoms in total. The van der Waals surface area contributed by atoms with Crippen LogP contribution in [0.3, 0.4) is 0 Å². The summed E-state index contributed by atoms with van der Waals surface area (Å²) >= 11 is 5.70. The summed E-state index contributed by atoms with van der Waals surface area (Å²) in [5.41, 5.74) is 0. The highest BCUT2D eigenvalue weighted by Gasteiger charge is 1.99. The topological polar surface area (TPSA) is 24.9 Å². The Morgan fingerprint density at radius 3 is 3.00 bits per heavy atom. The third-order valence-electron chi connectivity index (χ3n) is 1.64. The monoisotopic (exact) mass is 196 g/mol. The first kappa shape index (κ1) is 10.1. The summed E-state index contributed by atoms with van der Waals surface area (Å²) < 4.78 is 0. The van der Waals surface area contributed by atoms with Gasteiger partial charge in [0.15, 0.2) is 0 Å². The predicted molar refractivity (Wildman–Crippen MR) is 57.1 cm³/mol. The first-order valence-corrected chi connectivity index (χ1v) is 4.59. The summed E-state index contributed by atoms with van der Waals surface area (Å²) in [5.74, 6) is 0.846. The third-order valence-corrected chi connectivity index (χ3v) is 1.87. The smallest absolute Gasteiger partial charge is 0.126 e. The number of nitrogens with one attached hydrogen (secondary N) is 1. The maximum atomic E-state index is 5.70. The van der Waals surface area contributed by atoms with Gasteiger partial charge in [0.2, 0.25) is 0 Å². The molecule has 1 atom stereocenters. The Hall–Kier alpha value is -1.02. The molecule has 0 spiro atoms. The van der Waals surface area contributed by atoms with E-state index in [1.807, 2.05) is 18.2 Å². The first-order chi connectivity index (χ1) is 6.22. The molecule has 0 aliphatic carbocycles. The quantitative estimate of drug-likeness (QED) is 0.749. The fraction of sp³-hybridized carbons (Fsp3) is 0.300. The minimum Gasteiger partial charge on any atom is -0.367 e. The lowest BCUT2D eigenvalue weighted by molar-refractivity contribution is 0.807. The molecular weight excluding hydrogens is 184 g/mol. The van der Waals surface area contributed by atoms with Gasteiger partial charge in [0, 0.05) is 12.2 Å². The van der Waals surface area contributed by atoms with Crippen molar-refractivity contribution in [1.29, 1.82) is 0 Å². The number of halogens is 1. The van der Waals surface area contributed by atoms with E-state index in [4.69, 9.17) is 11.6 Å². The second-order valence-electron chi connectivity index (χ2n) is 2.93. The maximum absolute atomic E-state index is 5.70. The molecule has 0 amide bonds. The lowest BCUT2D eigenvalue weighted by atomic mass is 10.2. The molecule has 1 heterocycles. The lowest BCUT2D eigenvalue weighted by Gasteiger charge is -2.11. The third kappa shape index (κ3) is 3.47. The Labute approximate surface area is 83.6 Å². The molecule has 70 valence electrons. The van der Waals surface area contributed by atoms with Crippen LogP contribution < -0.4 is 5.32 Å². The van der Waals surface area contributed by atoms with Crippen molar-refractivity contribution in [3.05, 3.63) is 36.0 Å². The van der Waals surface area contributed by atoms with Gasteiger partial charge in [0.05, 0.1) is 5.02 Å². The number of hydrogen-bond donors (Lipinski definition) is 1. The largest absolute Gasteiger partial charge is 0.367 e. The van der Waals surface area contributed by atoms with Gasteiger partial charge in [-0.15, -0.1) is 6.58 Å². The van der Waals surface area contributed by atoms with Crippen molar-refractivity contribution in [2.24, 2.45) is 0 Å². The first-order valence-electron chi connectivity index (χ1n) is 4.21. The van der Waals surface area contributed by atoms with Crippen LogP contribution in [0.25, 0.3) is 0 Å². The van der Waals surface area contributed by atoms with Gasteiger partial charge in [0.25, 0.3) is 0 Å². The highest BCUT2D eigenvalue weighted by molar-refractivity contribution is 6.30. The minimum absolute atomic E-state index is 0.353. The maximum Gasteiger partial charge on any atom is 0.126 e. The second kappa shape index (κ2) is 4.87. The molecule has 0 fully saturated rings. The van der Waals surface area contributed by atoms with Crippen molar-refractivity contribution in [1.82, 2.24) is 4.98 Å². The standard InChI is InChI=1S/C10H13ClN2/c1-3-4-8(2)13-10-6-5-9(11)7-12-10/h3,5-8H,1,4H2,2H3,(H,12,13). The molecule has 0 saturated heterocycles. The van der Waals surface area contributed by atoms with E-state index in [9.17, 15) is 0 Å². The highest BCUT2D eigenvalue weighted by Crippen LogP contribution is 2.11. The van der Waals surface area contributed by atoms with Gasteiger partial charge in [-0.1, -0.05) is 17.7 Å². The molecule has 1 aromatic rings. The number of pyridine rings is 1. The summed E-state index contributed by atoms with van der Waals surface area (Å²) in [6.07, 6.45) is 4.43. The van der Waals surface area contributed by atoms with E-state index in [0.717, 1.165) is 12.2 Å². The molecular formula is C10H13ClN2. The average Bonchev–Trinajstić information content (AvgIpc) is 2.09. The molecule has 0 bridgehead atoms. The molecule has 0 radical (unpaired) electrons. The Balaban J connectivity index is 2.53. The van der Waals surface area contributed by atoms with E-state index in [1.165, 1.54) is 0 Å². The van der Waals surface area contributed by atoms with E-state index in [0.29, 0.717) is 11.1 Å². The molecule has 1 aromatic heterocycles. The summed E-state index contributed by atoms with van der Waals surface area (Å²) in [7, 11) is 0. The molecule has 0 aliphatic heterocycles. The fourth-order valence-electron chi connectivity index (χ4n) is 1.02. The van der Waals surface area contributed by atoms with Crippen molar-refractivity contribution in [3.63, 3.8) is 0 Å². The predicted octanol–water partition coefficient (Wildman–Crippen LogP) is 3.11. The minimum atomic E-state index is 0.353. The Morgan fingerprint density at radius 2 is 2.46 bits per heavy atom. The van der Waals surface area contributed by atoms with Crippen LogP contribution in [0.2, 0.25) is 5.02 Å². The summed E-state index contributed by atoms with van der Waals surface area (Å²) in [6.45, 7) is 5.76. The highest BCUT2D eigenvalue weighted by atomic mass is 35.5. The van der Waals surface area contributed by atoms with Crippen molar-refractivity contribution in [2.45, 2.75) is 19.4 Å². The molecule has 0 aliphatic rings. The number of aromatic nitrogens is 1. The molecule has 13 heavy (non-hydrogen) atoms. The van der Waals surface area contributed by atoms with Crippen LogP contribution in [0, 0.1) is 0 Å². The summed E-state index contributed by atoms with van der Waals surface area (Å²) in [6, 6.07) is 4.03. The SMILES string of the molecule is C=CCC(C)Nc1ccc(Cl)cn1. The number of nitrogens with zero attached hydrogens (tertiary/aromatic N) is 1. The van der Waals surface area contributed by atoms with Crippen LogP contribution in [0.15, 0.2) is 31.0 Å². The van der Waals surface area contributed by atoms with Gasteiger partial charge in [-0.05, 0) is 25.5 Å². The van der Waals surface area contributed by atoms with E-state index >= 15 is 0 Å². The zero-order valence-electron chi connectivity index (χ0n) is 7.63. The Bertz CT molecular complexity index is 269. The zero-order valence-corrected chi connectivity index (χ0v) is 8.38. The fourth-order valence-corrected chi connectivity index (χ4v) is 1.13. The molecule has 0 saturated carbocycles. The van der Waals surface area contributed by atoms with E-state index in [2.05, 4.69) is 23.8 Å². The van der Waals surface area contributed by atoms with Gasteiger partial charge in [-0.25, -0.2) is 4.98 Å². The van der Waals surface area contributed by atoms with Crippen LogP contribution in [0.1, 0.15) is 13.3 Å². The van der Waals surface area contributed by atoms with Gasteiger partial charge >= 0.3 is 0 Å². The van der Waals surface area contributed by atoms with Crippen LogP contribution in [-0.4, -0.2) is 11.0 Å². The molecule has 1 rings (SSSR count). The van der Waals surface area contributed by atoms with Gasteiger partial charge in [0.1, 0.15) is 5.82 Å². The second-order valence-corrected chi connectivity index (χ2v) is 3.37. The van der Waals surface area contributed by atoms with Crippen LogP contribution >= 0.6 is 11.6 Å². The lowest BCUT2D eigenvalue weighted by Crippen LogP contribution is -2.14. The molecule has 1 N–H and O–H groups in total. The van der Waals surface area contributed by atoms with Crippen molar-refractivity contribution >= 4 is 17.4 Å². The van der Waals surface area contributed by atoms with Crippen LogP contribution in [0.4, 0.5) is 5.82 Å². The van der Waals surface area contributed by atoms with Crippen LogP contribution in [0.5, 0.6) is 0 Å². The molecule has 0 aromatic carbocycles. The van der Waals surface area contributed by atoms with Crippen molar-refractivity contribution in [2.75, 3.05) is 5.32 Å². The summed E-state index contributed by atoms with van der Waals surface area (Å²) in [5, 5.41) is 3.88. The van der Waals surface area contributed by atoms with Gasteiger partial charge in [-0.2, -0.15) is 0 Å². The van der Waals surface area contributed by atoms with Gasteiger partial charge < -0.3 is 5.32 Å². The van der Waals surface area contributed by atoms with E-state index in [-0.39, 0.29) is 0 Å². The van der Waals surface area contributed by atoms with Gasteiger partial charge in [-0.3, -0.25) is 0 Å². The summed E-state index contributed by atoms with van der Waals surface area (Å²) in [4.78, 5) is 4.12. The Kier molecular flexibility index (Phi) is 3.77. The molecule has 1 unspecified atom stereocenters. The Morgan fingerprint density at radius 1 is 1.69 bits per heavy atom. The normalized spacial score (nSPS) is 12.2. The van der Waals surface area contributed by atoms with Crippen LogP contribution in [-0.2, 0) is 0 Å². The number of anilines is 1. The average molecular weight is 197 g/mol. The van der Waals surface area contributed by atoms with Crippen molar-refractivity contribution < 1.29 is 0 Å². The van der Waals surface area contributed by atoms with E-state index in [1.54, 1.807) is 6.20 Å². The number of hydrogen-bond acceptors (Lipinski definition) is 2. The number of rotatable bonds is 4.